The first-order valence-corrected chi connectivity index (χ1v) is 7.30. The van der Waals surface area contributed by atoms with Gasteiger partial charge in [0.25, 0.3) is 0 Å². The van der Waals surface area contributed by atoms with Crippen LogP contribution < -0.4 is 4.90 Å². The highest BCUT2D eigenvalue weighted by atomic mass is 32.1. The number of aromatic nitrogens is 2. The molecule has 0 unspecified atom stereocenters. The van der Waals surface area contributed by atoms with Crippen LogP contribution in [0.4, 0.5) is 5.95 Å². The normalized spacial score (nSPS) is 16.0. The maximum absolute atomic E-state index is 11.1. The molecule has 0 saturated heterocycles. The van der Waals surface area contributed by atoms with Crippen LogP contribution in [0, 0.1) is 0 Å². The van der Waals surface area contributed by atoms with Gasteiger partial charge in [0.2, 0.25) is 5.95 Å². The Hall–Kier alpha value is -1.69. The van der Waals surface area contributed by atoms with Crippen LogP contribution in [-0.2, 0) is 4.79 Å². The number of nitrogens with zero attached hydrogens (tertiary/aromatic N) is 3. The molecule has 2 aromatic rings. The summed E-state index contributed by atoms with van der Waals surface area (Å²) in [4.78, 5) is 22.7. The highest BCUT2D eigenvalue weighted by molar-refractivity contribution is 7.16. The van der Waals surface area contributed by atoms with Crippen LogP contribution in [0.15, 0.2) is 17.6 Å². The zero-order valence-electron chi connectivity index (χ0n) is 10.5. The van der Waals surface area contributed by atoms with Crippen molar-refractivity contribution in [2.24, 2.45) is 0 Å². The Morgan fingerprint density at radius 2 is 2.26 bits per heavy atom. The van der Waals surface area contributed by atoms with E-state index in [0.29, 0.717) is 5.95 Å². The summed E-state index contributed by atoms with van der Waals surface area (Å²) in [5.74, 6) is -0.286. The molecule has 2 heterocycles. The molecule has 6 heteroatoms. The lowest BCUT2D eigenvalue weighted by Crippen LogP contribution is -2.38. The molecule has 0 atom stereocenters. The minimum absolute atomic E-state index is 0.0262. The van der Waals surface area contributed by atoms with Gasteiger partial charge in [0.05, 0.1) is 0 Å². The average Bonchev–Trinajstić information content (AvgIpc) is 3.06. The zero-order chi connectivity index (χ0) is 13.2. The van der Waals surface area contributed by atoms with Crippen molar-refractivity contribution in [1.29, 1.82) is 0 Å². The van der Waals surface area contributed by atoms with E-state index < -0.39 is 5.97 Å². The van der Waals surface area contributed by atoms with Gasteiger partial charge in [-0.3, -0.25) is 4.79 Å². The SMILES string of the molecule is O=C(O)CN(c1ncc2ccsc2n1)C1CCCC1. The van der Waals surface area contributed by atoms with Crippen molar-refractivity contribution >= 4 is 33.5 Å². The van der Waals surface area contributed by atoms with E-state index in [1.54, 1.807) is 17.5 Å². The molecule has 0 aromatic carbocycles. The van der Waals surface area contributed by atoms with Gasteiger partial charge in [-0.2, -0.15) is 0 Å². The standard InChI is InChI=1S/C13H15N3O2S/c17-11(18)8-16(10-3-1-2-4-10)13-14-7-9-5-6-19-12(9)15-13/h5-7,10H,1-4,8H2,(H,17,18). The first-order valence-electron chi connectivity index (χ1n) is 6.43. The maximum atomic E-state index is 11.1. The molecule has 0 spiro atoms. The molecule has 5 nitrogen and oxygen atoms in total. The monoisotopic (exact) mass is 277 g/mol. The largest absolute Gasteiger partial charge is 0.480 e. The van der Waals surface area contributed by atoms with Crippen LogP contribution in [0.5, 0.6) is 0 Å². The number of carbonyl (C=O) groups is 1. The Morgan fingerprint density at radius 3 is 3.00 bits per heavy atom. The molecule has 1 fully saturated rings. The van der Waals surface area contributed by atoms with Gasteiger partial charge >= 0.3 is 5.97 Å². The Bertz CT molecular complexity index is 592. The lowest BCUT2D eigenvalue weighted by Gasteiger charge is -2.27. The van der Waals surface area contributed by atoms with Gasteiger partial charge in [-0.15, -0.1) is 11.3 Å². The predicted octanol–water partition coefficient (Wildman–Crippen LogP) is 2.52. The summed E-state index contributed by atoms with van der Waals surface area (Å²) in [5, 5.41) is 12.1. The van der Waals surface area contributed by atoms with Crippen LogP contribution in [0.3, 0.4) is 0 Å². The minimum atomic E-state index is -0.832. The number of carboxylic acids is 1. The van der Waals surface area contributed by atoms with E-state index in [-0.39, 0.29) is 12.6 Å². The summed E-state index contributed by atoms with van der Waals surface area (Å²) in [6.45, 7) is -0.0262. The number of anilines is 1. The van der Waals surface area contributed by atoms with Crippen LogP contribution in [0.1, 0.15) is 25.7 Å². The lowest BCUT2D eigenvalue weighted by molar-refractivity contribution is -0.135. The van der Waals surface area contributed by atoms with Gasteiger partial charge in [0.1, 0.15) is 11.4 Å². The molecule has 0 radical (unpaired) electrons. The second-order valence-electron chi connectivity index (χ2n) is 4.81. The number of carboxylic acid groups (broad SMARTS) is 1. The summed E-state index contributed by atoms with van der Waals surface area (Å²) in [7, 11) is 0. The predicted molar refractivity (Wildman–Crippen MR) is 74.7 cm³/mol. The number of fused-ring (bicyclic) bond motifs is 1. The highest BCUT2D eigenvalue weighted by Crippen LogP contribution is 2.27. The van der Waals surface area contributed by atoms with Crippen molar-refractivity contribution in [3.8, 4) is 0 Å². The van der Waals surface area contributed by atoms with E-state index in [4.69, 9.17) is 5.11 Å². The molecule has 2 aromatic heterocycles. The molecular weight excluding hydrogens is 262 g/mol. The van der Waals surface area contributed by atoms with Crippen molar-refractivity contribution in [2.75, 3.05) is 11.4 Å². The molecule has 1 saturated carbocycles. The topological polar surface area (TPSA) is 66.3 Å². The number of aliphatic carboxylic acids is 1. The highest BCUT2D eigenvalue weighted by Gasteiger charge is 2.26. The summed E-state index contributed by atoms with van der Waals surface area (Å²) >= 11 is 1.56. The summed E-state index contributed by atoms with van der Waals surface area (Å²) in [6, 6.07) is 2.23. The van der Waals surface area contributed by atoms with Gasteiger partial charge < -0.3 is 10.0 Å². The number of rotatable bonds is 4. The van der Waals surface area contributed by atoms with E-state index >= 15 is 0 Å². The fourth-order valence-corrected chi connectivity index (χ4v) is 3.35. The summed E-state index contributed by atoms with van der Waals surface area (Å²) in [5.41, 5.74) is 0. The van der Waals surface area contributed by atoms with Gasteiger partial charge in [0.15, 0.2) is 0 Å². The molecule has 1 aliphatic carbocycles. The van der Waals surface area contributed by atoms with E-state index in [9.17, 15) is 4.79 Å². The first kappa shape index (κ1) is 12.3. The third-order valence-corrected chi connectivity index (χ3v) is 4.35. The Morgan fingerprint density at radius 1 is 1.47 bits per heavy atom. The van der Waals surface area contributed by atoms with E-state index in [1.807, 2.05) is 16.3 Å². The minimum Gasteiger partial charge on any atom is -0.480 e. The fourth-order valence-electron chi connectivity index (χ4n) is 2.61. The Kier molecular flexibility index (Phi) is 3.33. The maximum Gasteiger partial charge on any atom is 0.323 e. The van der Waals surface area contributed by atoms with Crippen molar-refractivity contribution in [3.63, 3.8) is 0 Å². The molecule has 1 N–H and O–H groups in total. The zero-order valence-corrected chi connectivity index (χ0v) is 11.3. The third kappa shape index (κ3) is 2.53. The Balaban J connectivity index is 1.94. The van der Waals surface area contributed by atoms with Gasteiger partial charge in [-0.1, -0.05) is 12.8 Å². The lowest BCUT2D eigenvalue weighted by atomic mass is 10.2. The molecule has 0 amide bonds. The van der Waals surface area contributed by atoms with Crippen LogP contribution in [0.2, 0.25) is 0 Å². The van der Waals surface area contributed by atoms with Crippen LogP contribution in [0.25, 0.3) is 10.2 Å². The fraction of sp³-hybridized carbons (Fsp3) is 0.462. The first-order chi connectivity index (χ1) is 9.24. The van der Waals surface area contributed by atoms with Crippen molar-refractivity contribution in [1.82, 2.24) is 9.97 Å². The van der Waals surface area contributed by atoms with Crippen LogP contribution >= 0.6 is 11.3 Å². The summed E-state index contributed by atoms with van der Waals surface area (Å²) in [6.07, 6.45) is 6.14. The van der Waals surface area contributed by atoms with E-state index in [1.165, 1.54) is 0 Å². The number of hydrogen-bond acceptors (Lipinski definition) is 5. The summed E-state index contributed by atoms with van der Waals surface area (Å²) < 4.78 is 0. The molecular formula is C13H15N3O2S. The molecule has 0 bridgehead atoms. The smallest absolute Gasteiger partial charge is 0.323 e. The second-order valence-corrected chi connectivity index (χ2v) is 5.71. The van der Waals surface area contributed by atoms with Gasteiger partial charge in [-0.05, 0) is 24.3 Å². The van der Waals surface area contributed by atoms with E-state index in [2.05, 4.69) is 9.97 Å². The molecule has 1 aliphatic rings. The van der Waals surface area contributed by atoms with Gasteiger partial charge in [-0.25, -0.2) is 9.97 Å². The van der Waals surface area contributed by atoms with Gasteiger partial charge in [0, 0.05) is 17.6 Å². The number of thiophene rings is 1. The molecule has 19 heavy (non-hydrogen) atoms. The molecule has 0 aliphatic heterocycles. The van der Waals surface area contributed by atoms with Crippen LogP contribution in [-0.4, -0.2) is 33.6 Å². The quantitative estimate of drug-likeness (QED) is 0.930. The number of hydrogen-bond donors (Lipinski definition) is 1. The van der Waals surface area contributed by atoms with Crippen molar-refractivity contribution < 1.29 is 9.90 Å². The Labute approximate surface area is 114 Å². The molecule has 100 valence electrons. The van der Waals surface area contributed by atoms with Crippen molar-refractivity contribution in [3.05, 3.63) is 17.6 Å². The van der Waals surface area contributed by atoms with Crippen molar-refractivity contribution in [2.45, 2.75) is 31.7 Å². The average molecular weight is 277 g/mol. The molecule has 3 rings (SSSR count). The second kappa shape index (κ2) is 5.13. The van der Waals surface area contributed by atoms with E-state index in [0.717, 1.165) is 35.9 Å². The third-order valence-electron chi connectivity index (χ3n) is 3.52.